The highest BCUT2D eigenvalue weighted by Gasteiger charge is 2.54. The predicted octanol–water partition coefficient (Wildman–Crippen LogP) is 1.62. The number of piperidine rings is 1. The molecule has 9 heteroatoms. The summed E-state index contributed by atoms with van der Waals surface area (Å²) < 4.78 is 0. The van der Waals surface area contributed by atoms with Gasteiger partial charge in [0.15, 0.2) is 0 Å². The van der Waals surface area contributed by atoms with Crippen molar-refractivity contribution in [1.82, 2.24) is 15.1 Å². The number of carbonyl (C=O) groups excluding carboxylic acids is 3. The lowest BCUT2D eigenvalue weighted by molar-refractivity contribution is -0.140. The van der Waals surface area contributed by atoms with Gasteiger partial charge in [-0.3, -0.25) is 14.4 Å². The molecule has 2 aromatic rings. The molecule has 1 spiro atoms. The molecular formula is C25H30ClN5O3. The van der Waals surface area contributed by atoms with Crippen LogP contribution in [0.5, 0.6) is 0 Å². The summed E-state index contributed by atoms with van der Waals surface area (Å²) in [6.07, 6.45) is 1.38. The lowest BCUT2D eigenvalue weighted by atomic mass is 9.85. The monoisotopic (exact) mass is 483 g/mol. The third-order valence-electron chi connectivity index (χ3n) is 6.78. The second-order valence-corrected chi connectivity index (χ2v) is 9.31. The van der Waals surface area contributed by atoms with E-state index in [0.717, 1.165) is 11.3 Å². The first kappa shape index (κ1) is 24.0. The number of nitrogens with one attached hydrogen (secondary N) is 1. The van der Waals surface area contributed by atoms with Crippen LogP contribution in [0, 0.1) is 0 Å². The van der Waals surface area contributed by atoms with Gasteiger partial charge >= 0.3 is 0 Å². The van der Waals surface area contributed by atoms with E-state index < -0.39 is 11.6 Å². The highest BCUT2D eigenvalue weighted by atomic mass is 35.5. The van der Waals surface area contributed by atoms with Gasteiger partial charge in [-0.2, -0.15) is 0 Å². The van der Waals surface area contributed by atoms with E-state index >= 15 is 0 Å². The number of rotatable bonds is 6. The molecule has 2 aromatic carbocycles. The number of amides is 3. The maximum atomic E-state index is 13.6. The lowest BCUT2D eigenvalue weighted by Crippen LogP contribution is -2.59. The summed E-state index contributed by atoms with van der Waals surface area (Å²) in [6.45, 7) is 1.20. The molecule has 0 radical (unpaired) electrons. The second kappa shape index (κ2) is 10.0. The molecule has 2 aliphatic rings. The molecule has 2 fully saturated rings. The largest absolute Gasteiger partial charge is 0.358 e. The zero-order valence-electron chi connectivity index (χ0n) is 19.2. The number of carbonyl (C=O) groups is 3. The minimum atomic E-state index is -0.785. The normalized spacial score (nSPS) is 18.3. The second-order valence-electron chi connectivity index (χ2n) is 8.88. The Morgan fingerprint density at radius 2 is 1.74 bits per heavy atom. The fourth-order valence-corrected chi connectivity index (χ4v) is 4.99. The Morgan fingerprint density at radius 1 is 1.09 bits per heavy atom. The van der Waals surface area contributed by atoms with E-state index in [-0.39, 0.29) is 24.3 Å². The van der Waals surface area contributed by atoms with Crippen LogP contribution in [-0.4, -0.2) is 72.5 Å². The molecule has 4 rings (SSSR count). The van der Waals surface area contributed by atoms with E-state index in [1.54, 1.807) is 29.0 Å². The number of para-hydroxylation sites is 1. The molecule has 2 aliphatic heterocycles. The number of nitrogens with two attached hydrogens (primary N) is 1. The molecule has 0 bridgehead atoms. The van der Waals surface area contributed by atoms with Crippen molar-refractivity contribution in [1.29, 1.82) is 0 Å². The summed E-state index contributed by atoms with van der Waals surface area (Å²) in [6, 6.07) is 16.4. The van der Waals surface area contributed by atoms with Crippen molar-refractivity contribution in [3.05, 3.63) is 65.2 Å². The third kappa shape index (κ3) is 4.74. The zero-order valence-corrected chi connectivity index (χ0v) is 20.0. The van der Waals surface area contributed by atoms with Crippen LogP contribution in [0.3, 0.4) is 0 Å². The highest BCUT2D eigenvalue weighted by molar-refractivity contribution is 6.30. The van der Waals surface area contributed by atoms with Gasteiger partial charge in [0.2, 0.25) is 11.8 Å². The standard InChI is InChI=1S/C25H30ClN5O3/c1-28-22(32)16-30-17-31(20-5-3-2-4-6-20)25(24(30)34)11-13-29(14-12-25)23(33)21(27)15-18-7-9-19(26)10-8-18/h2-10,21H,11-17,27H2,1H3,(H,28,32)/t21-/m1/s1. The van der Waals surface area contributed by atoms with E-state index in [1.165, 1.54) is 0 Å². The number of anilines is 1. The number of nitrogens with zero attached hydrogens (tertiary/aromatic N) is 3. The van der Waals surface area contributed by atoms with E-state index in [0.29, 0.717) is 44.0 Å². The first-order valence-corrected chi connectivity index (χ1v) is 11.8. The van der Waals surface area contributed by atoms with Gasteiger partial charge in [0.25, 0.3) is 5.91 Å². The summed E-state index contributed by atoms with van der Waals surface area (Å²) >= 11 is 5.94. The number of halogens is 1. The molecule has 2 heterocycles. The summed E-state index contributed by atoms with van der Waals surface area (Å²) in [7, 11) is 1.56. The van der Waals surface area contributed by atoms with Crippen LogP contribution < -0.4 is 16.0 Å². The first-order valence-electron chi connectivity index (χ1n) is 11.5. The smallest absolute Gasteiger partial charge is 0.250 e. The van der Waals surface area contributed by atoms with Gasteiger partial charge in [0.1, 0.15) is 12.1 Å². The Balaban J connectivity index is 1.48. The molecular weight excluding hydrogens is 454 g/mol. The van der Waals surface area contributed by atoms with Gasteiger partial charge in [-0.15, -0.1) is 0 Å². The Hall–Kier alpha value is -3.10. The van der Waals surface area contributed by atoms with Gasteiger partial charge in [-0.05, 0) is 49.1 Å². The molecule has 0 aliphatic carbocycles. The maximum Gasteiger partial charge on any atom is 0.250 e. The Labute approximate surface area is 204 Å². The summed E-state index contributed by atoms with van der Waals surface area (Å²) in [4.78, 5) is 44.1. The number of likely N-dealkylation sites (N-methyl/N-ethyl adjacent to an activating group) is 1. The maximum absolute atomic E-state index is 13.6. The summed E-state index contributed by atoms with van der Waals surface area (Å²) in [5, 5.41) is 3.23. The van der Waals surface area contributed by atoms with Crippen LogP contribution in [0.1, 0.15) is 18.4 Å². The molecule has 8 nitrogen and oxygen atoms in total. The Kier molecular flexibility index (Phi) is 7.09. The van der Waals surface area contributed by atoms with Crippen LogP contribution in [0.15, 0.2) is 54.6 Å². The average Bonchev–Trinajstić information content (AvgIpc) is 3.12. The van der Waals surface area contributed by atoms with Gasteiger partial charge in [0, 0.05) is 30.8 Å². The molecule has 34 heavy (non-hydrogen) atoms. The molecule has 1 atom stereocenters. The zero-order chi connectivity index (χ0) is 24.3. The van der Waals surface area contributed by atoms with Crippen molar-refractivity contribution in [2.24, 2.45) is 5.73 Å². The van der Waals surface area contributed by atoms with Crippen molar-refractivity contribution < 1.29 is 14.4 Å². The summed E-state index contributed by atoms with van der Waals surface area (Å²) in [5.41, 5.74) is 7.34. The van der Waals surface area contributed by atoms with Crippen molar-refractivity contribution >= 4 is 35.0 Å². The SMILES string of the molecule is CNC(=O)CN1CN(c2ccccc2)C2(CCN(C(=O)[C@H](N)Cc3ccc(Cl)cc3)CC2)C1=O. The van der Waals surface area contributed by atoms with Crippen LogP contribution in [0.4, 0.5) is 5.69 Å². The topological polar surface area (TPSA) is 99.0 Å². The molecule has 0 aromatic heterocycles. The van der Waals surface area contributed by atoms with Crippen molar-refractivity contribution in [2.45, 2.75) is 30.8 Å². The average molecular weight is 484 g/mol. The van der Waals surface area contributed by atoms with Crippen molar-refractivity contribution in [3.63, 3.8) is 0 Å². The molecule has 2 saturated heterocycles. The Bertz CT molecular complexity index is 1040. The van der Waals surface area contributed by atoms with Crippen molar-refractivity contribution in [2.75, 3.05) is 38.3 Å². The van der Waals surface area contributed by atoms with E-state index in [4.69, 9.17) is 17.3 Å². The molecule has 0 saturated carbocycles. The quantitative estimate of drug-likeness (QED) is 0.650. The predicted molar refractivity (Wildman–Crippen MR) is 131 cm³/mol. The van der Waals surface area contributed by atoms with Gasteiger partial charge < -0.3 is 25.8 Å². The Morgan fingerprint density at radius 3 is 2.35 bits per heavy atom. The van der Waals surface area contributed by atoms with Crippen LogP contribution in [0.25, 0.3) is 0 Å². The van der Waals surface area contributed by atoms with Gasteiger partial charge in [-0.25, -0.2) is 0 Å². The first-order chi connectivity index (χ1) is 16.3. The third-order valence-corrected chi connectivity index (χ3v) is 7.04. The van der Waals surface area contributed by atoms with Crippen LogP contribution in [0.2, 0.25) is 5.02 Å². The summed E-state index contributed by atoms with van der Waals surface area (Å²) in [5.74, 6) is -0.402. The van der Waals surface area contributed by atoms with Gasteiger partial charge in [0.05, 0.1) is 12.7 Å². The van der Waals surface area contributed by atoms with Crippen molar-refractivity contribution in [3.8, 4) is 0 Å². The minimum absolute atomic E-state index is 0.00896. The van der Waals surface area contributed by atoms with E-state index in [9.17, 15) is 14.4 Å². The molecule has 3 N–H and O–H groups in total. The number of likely N-dealkylation sites (tertiary alicyclic amines) is 1. The van der Waals surface area contributed by atoms with Crippen LogP contribution >= 0.6 is 11.6 Å². The number of benzene rings is 2. The minimum Gasteiger partial charge on any atom is -0.358 e. The highest BCUT2D eigenvalue weighted by Crippen LogP contribution is 2.39. The van der Waals surface area contributed by atoms with E-state index in [1.807, 2.05) is 42.5 Å². The lowest BCUT2D eigenvalue weighted by Gasteiger charge is -2.43. The molecule has 180 valence electrons. The van der Waals surface area contributed by atoms with Crippen LogP contribution in [-0.2, 0) is 20.8 Å². The number of hydrogen-bond acceptors (Lipinski definition) is 5. The fraction of sp³-hybridized carbons (Fsp3) is 0.400. The van der Waals surface area contributed by atoms with E-state index in [2.05, 4.69) is 10.2 Å². The molecule has 3 amide bonds. The number of hydrogen-bond donors (Lipinski definition) is 2. The fourth-order valence-electron chi connectivity index (χ4n) is 4.87. The molecule has 0 unspecified atom stereocenters. The van der Waals surface area contributed by atoms with Gasteiger partial charge in [-0.1, -0.05) is 41.9 Å².